The van der Waals surface area contributed by atoms with Crippen molar-refractivity contribution in [1.82, 2.24) is 5.14 Å². The van der Waals surface area contributed by atoms with Crippen LogP contribution in [-0.4, -0.2) is 8.42 Å². The summed E-state index contributed by atoms with van der Waals surface area (Å²) in [5, 5.41) is 13.1. The van der Waals surface area contributed by atoms with Crippen LogP contribution in [-0.2, 0) is 10.0 Å². The molecule has 1 radical (unpaired) electrons. The maximum Gasteiger partial charge on any atom is 0.254 e. The Balaban J connectivity index is 2.39. The van der Waals surface area contributed by atoms with Gasteiger partial charge in [0, 0.05) is 5.39 Å². The molecule has 0 aromatic heterocycles. The van der Waals surface area contributed by atoms with Crippen molar-refractivity contribution in [2.45, 2.75) is 4.90 Å². The van der Waals surface area contributed by atoms with Crippen LogP contribution in [0, 0.1) is 0 Å². The van der Waals surface area contributed by atoms with Crippen LogP contribution in [0.4, 0.5) is 0 Å². The Kier molecular flexibility index (Phi) is 2.14. The maximum absolute atomic E-state index is 11.6. The van der Waals surface area contributed by atoms with E-state index in [1.165, 1.54) is 6.07 Å². The highest BCUT2D eigenvalue weighted by molar-refractivity contribution is 7.89. The Labute approximate surface area is 116 Å². The Morgan fingerprint density at radius 2 is 1.25 bits per heavy atom. The van der Waals surface area contributed by atoms with E-state index >= 15 is 0 Å². The molecule has 0 saturated heterocycles. The van der Waals surface area contributed by atoms with Crippen LogP contribution in [0.25, 0.3) is 32.3 Å². The van der Waals surface area contributed by atoms with E-state index in [0.717, 1.165) is 26.9 Å². The van der Waals surface area contributed by atoms with E-state index in [0.29, 0.717) is 5.39 Å². The van der Waals surface area contributed by atoms with Gasteiger partial charge in [0.1, 0.15) is 0 Å². The van der Waals surface area contributed by atoms with E-state index in [4.69, 9.17) is 5.14 Å². The van der Waals surface area contributed by atoms with Crippen molar-refractivity contribution in [1.29, 1.82) is 0 Å². The molecule has 0 unspecified atom stereocenters. The zero-order chi connectivity index (χ0) is 13.9. The fraction of sp³-hybridized carbons (Fsp3) is 0. The molecule has 4 heteroatoms. The van der Waals surface area contributed by atoms with Gasteiger partial charge >= 0.3 is 0 Å². The molecule has 0 atom stereocenters. The van der Waals surface area contributed by atoms with Gasteiger partial charge in [0.2, 0.25) is 0 Å². The minimum Gasteiger partial charge on any atom is -0.206 e. The first-order valence-corrected chi connectivity index (χ1v) is 7.70. The molecule has 1 N–H and O–H groups in total. The summed E-state index contributed by atoms with van der Waals surface area (Å²) < 4.78 is 23.3. The minimum absolute atomic E-state index is 0.0725. The molecule has 0 heterocycles. The Bertz CT molecular complexity index is 1050. The molecule has 0 aliphatic carbocycles. The Morgan fingerprint density at radius 3 is 1.90 bits per heavy atom. The van der Waals surface area contributed by atoms with E-state index in [1.54, 1.807) is 12.1 Å². The van der Waals surface area contributed by atoms with Crippen LogP contribution in [0.15, 0.2) is 59.5 Å². The van der Waals surface area contributed by atoms with Crippen LogP contribution in [0.1, 0.15) is 0 Å². The molecule has 0 bridgehead atoms. The average Bonchev–Trinajstić information content (AvgIpc) is 2.43. The van der Waals surface area contributed by atoms with Crippen LogP contribution < -0.4 is 5.14 Å². The van der Waals surface area contributed by atoms with Crippen molar-refractivity contribution in [3.05, 3.63) is 54.6 Å². The van der Waals surface area contributed by atoms with Crippen LogP contribution in [0.5, 0.6) is 0 Å². The normalized spacial score (nSPS) is 12.7. The molecule has 20 heavy (non-hydrogen) atoms. The molecule has 0 amide bonds. The van der Waals surface area contributed by atoms with Gasteiger partial charge in [-0.25, -0.2) is 8.42 Å². The number of nitrogens with one attached hydrogen (secondary N) is 1. The molecular weight excluding hydrogens is 270 g/mol. The molecule has 3 nitrogen and oxygen atoms in total. The van der Waals surface area contributed by atoms with Gasteiger partial charge in [-0.3, -0.25) is 0 Å². The molecule has 0 fully saturated rings. The summed E-state index contributed by atoms with van der Waals surface area (Å²) in [6.07, 6.45) is 0. The smallest absolute Gasteiger partial charge is 0.206 e. The van der Waals surface area contributed by atoms with Crippen molar-refractivity contribution in [3.63, 3.8) is 0 Å². The van der Waals surface area contributed by atoms with E-state index in [2.05, 4.69) is 0 Å². The fourth-order valence-electron chi connectivity index (χ4n) is 2.94. The predicted molar refractivity (Wildman–Crippen MR) is 80.4 cm³/mol. The monoisotopic (exact) mass is 280 g/mol. The lowest BCUT2D eigenvalue weighted by Gasteiger charge is -2.12. The highest BCUT2D eigenvalue weighted by atomic mass is 32.2. The van der Waals surface area contributed by atoms with Crippen molar-refractivity contribution < 1.29 is 8.42 Å². The van der Waals surface area contributed by atoms with Gasteiger partial charge < -0.3 is 0 Å². The minimum atomic E-state index is -3.98. The fourth-order valence-corrected chi connectivity index (χ4v) is 3.65. The highest BCUT2D eigenvalue weighted by Gasteiger charge is 2.16. The van der Waals surface area contributed by atoms with Crippen LogP contribution in [0.2, 0.25) is 0 Å². The standard InChI is InChI=1S/C16H10NO2S/c17-20(18,19)14-9-7-12-5-4-10-2-1-3-11-6-8-13(14)16(12)15(10)11/h1-9,17H. The van der Waals surface area contributed by atoms with Crippen molar-refractivity contribution >= 4 is 42.3 Å². The second kappa shape index (κ2) is 3.69. The molecule has 0 spiro atoms. The topological polar surface area (TPSA) is 57.9 Å². The summed E-state index contributed by atoms with van der Waals surface area (Å²) in [6.45, 7) is 0. The number of hydrogen-bond acceptors (Lipinski definition) is 2. The van der Waals surface area contributed by atoms with E-state index in [-0.39, 0.29) is 4.90 Å². The second-order valence-corrected chi connectivity index (χ2v) is 6.37. The summed E-state index contributed by atoms with van der Waals surface area (Å²) in [4.78, 5) is 0.0725. The lowest BCUT2D eigenvalue weighted by Crippen LogP contribution is -2.01. The van der Waals surface area contributed by atoms with Gasteiger partial charge in [-0.1, -0.05) is 48.5 Å². The third-order valence-corrected chi connectivity index (χ3v) is 4.71. The molecule has 4 aromatic carbocycles. The molecule has 0 saturated carbocycles. The average molecular weight is 280 g/mol. The summed E-state index contributed by atoms with van der Waals surface area (Å²) >= 11 is 0. The molecule has 0 aliphatic heterocycles. The molecule has 4 rings (SSSR count). The van der Waals surface area contributed by atoms with Gasteiger partial charge in [0.05, 0.1) is 4.90 Å². The number of rotatable bonds is 1. The maximum atomic E-state index is 11.6. The number of benzene rings is 4. The molecule has 0 aliphatic rings. The van der Waals surface area contributed by atoms with E-state index in [1.807, 2.05) is 36.4 Å². The van der Waals surface area contributed by atoms with Crippen molar-refractivity contribution in [2.75, 3.05) is 0 Å². The zero-order valence-corrected chi connectivity index (χ0v) is 11.2. The summed E-state index contributed by atoms with van der Waals surface area (Å²) in [6, 6.07) is 17.1. The van der Waals surface area contributed by atoms with Gasteiger partial charge in [-0.2, -0.15) is 0 Å². The third-order valence-electron chi connectivity index (χ3n) is 3.78. The van der Waals surface area contributed by atoms with Gasteiger partial charge in [-0.15, -0.1) is 5.14 Å². The molecule has 97 valence electrons. The largest absolute Gasteiger partial charge is 0.254 e. The first-order valence-electron chi connectivity index (χ1n) is 6.22. The Morgan fingerprint density at radius 1 is 0.700 bits per heavy atom. The highest BCUT2D eigenvalue weighted by Crippen LogP contribution is 2.36. The number of sulfonamides is 1. The quantitative estimate of drug-likeness (QED) is 0.501. The SMILES string of the molecule is [NH]S(=O)(=O)c1ccc2ccc3cccc4ccc1c2c34. The summed E-state index contributed by atoms with van der Waals surface area (Å²) in [7, 11) is -3.98. The predicted octanol–water partition coefficient (Wildman–Crippen LogP) is 3.56. The lowest BCUT2D eigenvalue weighted by atomic mass is 9.94. The van der Waals surface area contributed by atoms with Crippen molar-refractivity contribution in [3.8, 4) is 0 Å². The van der Waals surface area contributed by atoms with E-state index < -0.39 is 10.0 Å². The lowest BCUT2D eigenvalue weighted by molar-refractivity contribution is 0.597. The Hall–Kier alpha value is -2.17. The zero-order valence-electron chi connectivity index (χ0n) is 10.4. The van der Waals surface area contributed by atoms with E-state index in [9.17, 15) is 8.42 Å². The van der Waals surface area contributed by atoms with Gasteiger partial charge in [-0.05, 0) is 33.0 Å². The summed E-state index contributed by atoms with van der Waals surface area (Å²) in [5.41, 5.74) is 0. The van der Waals surface area contributed by atoms with Gasteiger partial charge in [0.15, 0.2) is 0 Å². The van der Waals surface area contributed by atoms with Crippen molar-refractivity contribution in [2.24, 2.45) is 0 Å². The number of hydrogen-bond donors (Lipinski definition) is 0. The van der Waals surface area contributed by atoms with Crippen LogP contribution in [0.3, 0.4) is 0 Å². The molecule has 4 aromatic rings. The molecular formula is C16H10NO2S. The first kappa shape index (κ1) is 11.6. The third kappa shape index (κ3) is 1.46. The van der Waals surface area contributed by atoms with Gasteiger partial charge in [0.25, 0.3) is 10.0 Å². The first-order chi connectivity index (χ1) is 9.55. The van der Waals surface area contributed by atoms with Crippen LogP contribution >= 0.6 is 0 Å². The summed E-state index contributed by atoms with van der Waals surface area (Å²) in [5.74, 6) is 0. The second-order valence-electron chi connectivity index (χ2n) is 4.92.